The predicted molar refractivity (Wildman–Crippen MR) is 71.7 cm³/mol. The Balaban J connectivity index is 2.40. The number of phenolic OH excluding ortho intramolecular Hbond substituents is 1. The Morgan fingerprint density at radius 1 is 1.11 bits per heavy atom. The Bertz CT molecular complexity index is 475. The summed E-state index contributed by atoms with van der Waals surface area (Å²) in [5, 5.41) is 10.2. The van der Waals surface area contributed by atoms with Crippen LogP contribution in [-0.4, -0.2) is 17.6 Å². The summed E-state index contributed by atoms with van der Waals surface area (Å²) in [6.07, 6.45) is 0.340. The van der Waals surface area contributed by atoms with Gasteiger partial charge in [-0.1, -0.05) is 6.07 Å². The van der Waals surface area contributed by atoms with Crippen molar-refractivity contribution in [1.29, 1.82) is 0 Å². The van der Waals surface area contributed by atoms with Gasteiger partial charge in [0.15, 0.2) is 0 Å². The molecule has 0 saturated heterocycles. The molecule has 1 aliphatic carbocycles. The lowest BCUT2D eigenvalue weighted by Crippen LogP contribution is -2.42. The third kappa shape index (κ3) is 2.59. The quantitative estimate of drug-likeness (QED) is 0.864. The molecular formula is C15H21F2NO. The lowest BCUT2D eigenvalue weighted by Gasteiger charge is -2.40. The summed E-state index contributed by atoms with van der Waals surface area (Å²) in [7, 11) is 0. The average molecular weight is 269 g/mol. The van der Waals surface area contributed by atoms with Crippen molar-refractivity contribution in [2.24, 2.45) is 5.73 Å². The molecule has 106 valence electrons. The van der Waals surface area contributed by atoms with Gasteiger partial charge in [-0.15, -0.1) is 0 Å². The largest absolute Gasteiger partial charge is 0.508 e. The minimum absolute atomic E-state index is 0.156. The van der Waals surface area contributed by atoms with Crippen LogP contribution in [0.2, 0.25) is 0 Å². The van der Waals surface area contributed by atoms with E-state index in [2.05, 4.69) is 0 Å². The zero-order valence-electron chi connectivity index (χ0n) is 11.5. The third-order valence-electron chi connectivity index (χ3n) is 4.51. The van der Waals surface area contributed by atoms with Crippen molar-refractivity contribution in [3.05, 3.63) is 28.8 Å². The molecule has 1 aliphatic rings. The highest BCUT2D eigenvalue weighted by Crippen LogP contribution is 2.47. The fraction of sp³-hybridized carbons (Fsp3) is 0.600. The van der Waals surface area contributed by atoms with E-state index in [-0.39, 0.29) is 18.6 Å². The van der Waals surface area contributed by atoms with Crippen molar-refractivity contribution in [3.63, 3.8) is 0 Å². The van der Waals surface area contributed by atoms with Gasteiger partial charge in [0.1, 0.15) is 5.75 Å². The molecule has 0 bridgehead atoms. The van der Waals surface area contributed by atoms with Gasteiger partial charge in [0.2, 0.25) is 5.92 Å². The first kappa shape index (κ1) is 14.3. The molecule has 0 aliphatic heterocycles. The van der Waals surface area contributed by atoms with E-state index >= 15 is 0 Å². The minimum Gasteiger partial charge on any atom is -0.508 e. The number of phenols is 1. The van der Waals surface area contributed by atoms with Crippen LogP contribution in [0.15, 0.2) is 12.1 Å². The zero-order valence-corrected chi connectivity index (χ0v) is 11.5. The van der Waals surface area contributed by atoms with Crippen molar-refractivity contribution in [2.45, 2.75) is 50.9 Å². The van der Waals surface area contributed by atoms with Crippen molar-refractivity contribution >= 4 is 0 Å². The number of aryl methyl sites for hydroxylation is 2. The highest BCUT2D eigenvalue weighted by molar-refractivity contribution is 5.45. The van der Waals surface area contributed by atoms with Gasteiger partial charge in [0.05, 0.1) is 0 Å². The van der Waals surface area contributed by atoms with E-state index in [1.807, 2.05) is 19.9 Å². The van der Waals surface area contributed by atoms with Gasteiger partial charge < -0.3 is 10.8 Å². The van der Waals surface area contributed by atoms with Crippen LogP contribution in [0.5, 0.6) is 5.75 Å². The molecule has 0 spiro atoms. The molecule has 2 rings (SSSR count). The maximum absolute atomic E-state index is 13.3. The van der Waals surface area contributed by atoms with E-state index < -0.39 is 11.3 Å². The maximum atomic E-state index is 13.3. The fourth-order valence-corrected chi connectivity index (χ4v) is 2.90. The average Bonchev–Trinajstić information content (AvgIpc) is 2.35. The first-order chi connectivity index (χ1) is 8.80. The Kier molecular flexibility index (Phi) is 3.56. The predicted octanol–water partition coefficient (Wildman–Crippen LogP) is 3.41. The Labute approximate surface area is 112 Å². The molecule has 1 aromatic rings. The van der Waals surface area contributed by atoms with Gasteiger partial charge in [-0.3, -0.25) is 0 Å². The molecule has 0 amide bonds. The first-order valence-electron chi connectivity index (χ1n) is 6.68. The molecule has 1 fully saturated rings. The van der Waals surface area contributed by atoms with E-state index in [0.717, 1.165) is 16.7 Å². The summed E-state index contributed by atoms with van der Waals surface area (Å²) in [6.45, 7) is 4.17. The number of alkyl halides is 2. The van der Waals surface area contributed by atoms with Gasteiger partial charge in [-0.2, -0.15) is 0 Å². The molecule has 0 aromatic heterocycles. The van der Waals surface area contributed by atoms with Crippen molar-refractivity contribution in [2.75, 3.05) is 6.54 Å². The number of hydrogen-bond donors (Lipinski definition) is 2. The molecule has 3 N–H and O–H groups in total. The monoisotopic (exact) mass is 269 g/mol. The standard InChI is InChI=1S/C15H21F2NO/c1-10-7-12(13(19)8-11(10)2)14(9-18)3-5-15(16,17)6-4-14/h7-8,19H,3-6,9,18H2,1-2H3. The summed E-state index contributed by atoms with van der Waals surface area (Å²) >= 11 is 0. The van der Waals surface area contributed by atoms with Crippen LogP contribution in [0.3, 0.4) is 0 Å². The van der Waals surface area contributed by atoms with E-state index in [0.29, 0.717) is 19.4 Å². The van der Waals surface area contributed by atoms with E-state index in [1.54, 1.807) is 6.07 Å². The second kappa shape index (κ2) is 4.75. The molecule has 0 unspecified atom stereocenters. The molecule has 19 heavy (non-hydrogen) atoms. The second-order valence-corrected chi connectivity index (χ2v) is 5.79. The molecule has 2 nitrogen and oxygen atoms in total. The maximum Gasteiger partial charge on any atom is 0.248 e. The molecule has 0 heterocycles. The van der Waals surface area contributed by atoms with Gasteiger partial charge in [-0.25, -0.2) is 8.78 Å². The summed E-state index contributed by atoms with van der Waals surface area (Å²) < 4.78 is 26.7. The van der Waals surface area contributed by atoms with Crippen molar-refractivity contribution < 1.29 is 13.9 Å². The Hall–Kier alpha value is -1.16. The van der Waals surface area contributed by atoms with E-state index in [1.165, 1.54) is 0 Å². The van der Waals surface area contributed by atoms with E-state index in [4.69, 9.17) is 5.73 Å². The van der Waals surface area contributed by atoms with Gasteiger partial charge in [-0.05, 0) is 43.9 Å². The number of aromatic hydroxyl groups is 1. The lowest BCUT2D eigenvalue weighted by atomic mass is 9.67. The third-order valence-corrected chi connectivity index (χ3v) is 4.51. The Morgan fingerprint density at radius 2 is 1.63 bits per heavy atom. The second-order valence-electron chi connectivity index (χ2n) is 5.79. The van der Waals surface area contributed by atoms with Crippen LogP contribution in [0.1, 0.15) is 42.4 Å². The van der Waals surface area contributed by atoms with Crippen molar-refractivity contribution in [1.82, 2.24) is 0 Å². The molecule has 0 atom stereocenters. The molecule has 0 radical (unpaired) electrons. The van der Waals surface area contributed by atoms with Gasteiger partial charge >= 0.3 is 0 Å². The fourth-order valence-electron chi connectivity index (χ4n) is 2.90. The van der Waals surface area contributed by atoms with Gasteiger partial charge in [0.25, 0.3) is 0 Å². The highest BCUT2D eigenvalue weighted by Gasteiger charge is 2.44. The van der Waals surface area contributed by atoms with Crippen LogP contribution in [-0.2, 0) is 5.41 Å². The summed E-state index contributed by atoms with van der Waals surface area (Å²) in [6, 6.07) is 3.61. The molecule has 4 heteroatoms. The molecular weight excluding hydrogens is 248 g/mol. The van der Waals surface area contributed by atoms with Crippen LogP contribution in [0.25, 0.3) is 0 Å². The molecule has 1 aromatic carbocycles. The topological polar surface area (TPSA) is 46.2 Å². The number of rotatable bonds is 2. The SMILES string of the molecule is Cc1cc(O)c(C2(CN)CCC(F)(F)CC2)cc1C. The lowest BCUT2D eigenvalue weighted by molar-refractivity contribution is -0.0511. The minimum atomic E-state index is -2.59. The highest BCUT2D eigenvalue weighted by atomic mass is 19.3. The Morgan fingerprint density at radius 3 is 2.16 bits per heavy atom. The number of benzene rings is 1. The number of nitrogens with two attached hydrogens (primary N) is 1. The van der Waals surface area contributed by atoms with Crippen LogP contribution in [0.4, 0.5) is 8.78 Å². The summed E-state index contributed by atoms with van der Waals surface area (Å²) in [5.74, 6) is -2.41. The van der Waals surface area contributed by atoms with Crippen molar-refractivity contribution in [3.8, 4) is 5.75 Å². The zero-order chi connectivity index (χ0) is 14.3. The molecule has 1 saturated carbocycles. The smallest absolute Gasteiger partial charge is 0.248 e. The van der Waals surface area contributed by atoms with Crippen LogP contribution < -0.4 is 5.73 Å². The van der Waals surface area contributed by atoms with Gasteiger partial charge in [0, 0.05) is 30.4 Å². The number of hydrogen-bond acceptors (Lipinski definition) is 2. The summed E-state index contributed by atoms with van der Waals surface area (Å²) in [4.78, 5) is 0. The first-order valence-corrected chi connectivity index (χ1v) is 6.68. The number of halogens is 2. The normalized spacial score (nSPS) is 21.3. The summed E-state index contributed by atoms with van der Waals surface area (Å²) in [5.41, 5.74) is 8.13. The van der Waals surface area contributed by atoms with E-state index in [9.17, 15) is 13.9 Å². The van der Waals surface area contributed by atoms with Crippen LogP contribution in [0, 0.1) is 13.8 Å². The van der Waals surface area contributed by atoms with Crippen LogP contribution >= 0.6 is 0 Å².